The maximum Gasteiger partial charge on any atom is 0.324 e. The Morgan fingerprint density at radius 1 is 0.970 bits per heavy atom. The van der Waals surface area contributed by atoms with Crippen molar-refractivity contribution >= 4 is 23.3 Å². The van der Waals surface area contributed by atoms with Crippen LogP contribution in [0.3, 0.4) is 0 Å². The summed E-state index contributed by atoms with van der Waals surface area (Å²) in [5, 5.41) is 2.99. The fraction of sp³-hybridized carbons (Fsp3) is 0.259. The van der Waals surface area contributed by atoms with Gasteiger partial charge in [-0.05, 0) is 48.7 Å². The third-order valence-corrected chi connectivity index (χ3v) is 6.00. The lowest BCUT2D eigenvalue weighted by molar-refractivity contribution is -0.117. The highest BCUT2D eigenvalue weighted by Crippen LogP contribution is 2.25. The van der Waals surface area contributed by atoms with E-state index in [1.54, 1.807) is 28.0 Å². The van der Waals surface area contributed by atoms with Crippen LogP contribution in [0.5, 0.6) is 0 Å². The van der Waals surface area contributed by atoms with Gasteiger partial charge < -0.3 is 10.2 Å². The first-order chi connectivity index (χ1) is 16.1. The van der Waals surface area contributed by atoms with Gasteiger partial charge in [-0.15, -0.1) is 0 Å². The lowest BCUT2D eigenvalue weighted by Gasteiger charge is -2.35. The van der Waals surface area contributed by atoms with Gasteiger partial charge in [0.25, 0.3) is 0 Å². The summed E-state index contributed by atoms with van der Waals surface area (Å²) < 4.78 is 14.0. The molecule has 170 valence electrons. The number of anilines is 2. The van der Waals surface area contributed by atoms with Crippen LogP contribution in [0, 0.1) is 5.82 Å². The summed E-state index contributed by atoms with van der Waals surface area (Å²) >= 11 is 0. The van der Waals surface area contributed by atoms with E-state index < -0.39 is 0 Å². The van der Waals surface area contributed by atoms with Gasteiger partial charge >= 0.3 is 6.03 Å². The smallest absolute Gasteiger partial charge is 0.324 e. The minimum absolute atomic E-state index is 0.0541. The molecule has 0 aromatic heterocycles. The van der Waals surface area contributed by atoms with E-state index in [0.717, 1.165) is 17.7 Å². The van der Waals surface area contributed by atoms with Crippen molar-refractivity contribution in [2.75, 3.05) is 23.3 Å². The second-order valence-electron chi connectivity index (χ2n) is 8.21. The zero-order valence-corrected chi connectivity index (χ0v) is 18.7. The van der Waals surface area contributed by atoms with E-state index >= 15 is 0 Å². The maximum atomic E-state index is 14.0. The largest absolute Gasteiger partial charge is 0.326 e. The van der Waals surface area contributed by atoms with Crippen molar-refractivity contribution in [1.82, 2.24) is 4.90 Å². The minimum Gasteiger partial charge on any atom is -0.326 e. The Morgan fingerprint density at radius 3 is 2.36 bits per heavy atom. The van der Waals surface area contributed by atoms with Gasteiger partial charge in [0.15, 0.2) is 0 Å². The zero-order valence-electron chi connectivity index (χ0n) is 18.7. The van der Waals surface area contributed by atoms with Crippen LogP contribution in [0.15, 0.2) is 78.9 Å². The second kappa shape index (κ2) is 10.3. The van der Waals surface area contributed by atoms with Crippen LogP contribution >= 0.6 is 0 Å². The fourth-order valence-corrected chi connectivity index (χ4v) is 4.21. The third kappa shape index (κ3) is 5.22. The van der Waals surface area contributed by atoms with Gasteiger partial charge in [0.05, 0.1) is 12.5 Å². The quantitative estimate of drug-likeness (QED) is 0.500. The first-order valence-electron chi connectivity index (χ1n) is 11.3. The van der Waals surface area contributed by atoms with Gasteiger partial charge in [-0.2, -0.15) is 0 Å². The molecule has 6 heteroatoms. The summed E-state index contributed by atoms with van der Waals surface area (Å²) in [5.41, 5.74) is 2.94. The molecule has 0 saturated carbocycles. The number of hydrogen-bond donors (Lipinski definition) is 1. The van der Waals surface area contributed by atoms with E-state index in [-0.39, 0.29) is 30.2 Å². The molecule has 0 bridgehead atoms. The standard InChI is InChI=1S/C27H28FN3O2/c1-2-24(20-9-4-3-5-10-20)26(32)29-22-13-15-23(16-14-22)31-18-8-17-30(27(31)33)19-21-11-6-7-12-25(21)28/h3-7,9-16,24H,2,8,17-19H2,1H3,(H,29,32). The molecule has 3 aromatic rings. The normalized spacial score (nSPS) is 14.8. The Hall–Kier alpha value is -3.67. The molecular weight excluding hydrogens is 417 g/mol. The first kappa shape index (κ1) is 22.5. The number of halogens is 1. The SMILES string of the molecule is CCC(C(=O)Nc1ccc(N2CCCN(Cc3ccccc3F)C2=O)cc1)c1ccccc1. The molecule has 0 radical (unpaired) electrons. The minimum atomic E-state index is -0.302. The Morgan fingerprint density at radius 2 is 1.67 bits per heavy atom. The van der Waals surface area contributed by atoms with Crippen molar-refractivity contribution in [3.8, 4) is 0 Å². The second-order valence-corrected chi connectivity index (χ2v) is 8.21. The molecule has 3 aromatic carbocycles. The van der Waals surface area contributed by atoms with Gasteiger partial charge in [-0.3, -0.25) is 9.69 Å². The van der Waals surface area contributed by atoms with Crippen molar-refractivity contribution < 1.29 is 14.0 Å². The molecule has 1 aliphatic heterocycles. The molecule has 5 nitrogen and oxygen atoms in total. The van der Waals surface area contributed by atoms with Crippen LogP contribution in [0.25, 0.3) is 0 Å². The number of hydrogen-bond acceptors (Lipinski definition) is 2. The number of nitrogens with zero attached hydrogens (tertiary/aromatic N) is 2. The average molecular weight is 446 g/mol. The molecular formula is C27H28FN3O2. The fourth-order valence-electron chi connectivity index (χ4n) is 4.21. The van der Waals surface area contributed by atoms with Gasteiger partial charge in [-0.1, -0.05) is 55.5 Å². The van der Waals surface area contributed by atoms with Crippen LogP contribution in [-0.4, -0.2) is 29.9 Å². The number of amides is 3. The van der Waals surface area contributed by atoms with E-state index in [0.29, 0.717) is 30.8 Å². The van der Waals surface area contributed by atoms with Gasteiger partial charge in [0, 0.05) is 30.0 Å². The summed E-state index contributed by atoms with van der Waals surface area (Å²) in [6.45, 7) is 3.43. The van der Waals surface area contributed by atoms with Crippen molar-refractivity contribution in [3.63, 3.8) is 0 Å². The van der Waals surface area contributed by atoms with Crippen LogP contribution in [0.4, 0.5) is 20.6 Å². The zero-order chi connectivity index (χ0) is 23.2. The van der Waals surface area contributed by atoms with Crippen molar-refractivity contribution in [2.45, 2.75) is 32.2 Å². The van der Waals surface area contributed by atoms with Crippen LogP contribution in [0.2, 0.25) is 0 Å². The predicted molar refractivity (Wildman–Crippen MR) is 129 cm³/mol. The number of nitrogens with one attached hydrogen (secondary N) is 1. The molecule has 3 amide bonds. The molecule has 0 aliphatic carbocycles. The number of carbonyl (C=O) groups excluding carboxylic acids is 2. The van der Waals surface area contributed by atoms with E-state index in [4.69, 9.17) is 0 Å². The highest BCUT2D eigenvalue weighted by Gasteiger charge is 2.27. The van der Waals surface area contributed by atoms with Crippen LogP contribution < -0.4 is 10.2 Å². The van der Waals surface area contributed by atoms with Crippen molar-refractivity contribution in [2.24, 2.45) is 0 Å². The predicted octanol–water partition coefficient (Wildman–Crippen LogP) is 5.79. The molecule has 1 aliphatic rings. The molecule has 1 atom stereocenters. The Labute approximate surface area is 193 Å². The number of rotatable bonds is 7. The summed E-state index contributed by atoms with van der Waals surface area (Å²) in [6.07, 6.45) is 1.50. The van der Waals surface area contributed by atoms with Gasteiger partial charge in [0.2, 0.25) is 5.91 Å². The first-order valence-corrected chi connectivity index (χ1v) is 11.3. The molecule has 4 rings (SSSR count). The average Bonchev–Trinajstić information content (AvgIpc) is 2.83. The number of benzene rings is 3. The highest BCUT2D eigenvalue weighted by molar-refractivity contribution is 5.97. The van der Waals surface area contributed by atoms with E-state index in [2.05, 4.69) is 5.32 Å². The maximum absolute atomic E-state index is 14.0. The number of urea groups is 1. The van der Waals surface area contributed by atoms with Gasteiger partial charge in [-0.25, -0.2) is 9.18 Å². The van der Waals surface area contributed by atoms with Crippen molar-refractivity contribution in [1.29, 1.82) is 0 Å². The Bertz CT molecular complexity index is 1100. The Kier molecular flexibility index (Phi) is 7.03. The third-order valence-electron chi connectivity index (χ3n) is 6.00. The van der Waals surface area contributed by atoms with Crippen LogP contribution in [-0.2, 0) is 11.3 Å². The summed E-state index contributed by atoms with van der Waals surface area (Å²) in [7, 11) is 0. The molecule has 0 spiro atoms. The van der Waals surface area contributed by atoms with E-state index in [9.17, 15) is 14.0 Å². The lowest BCUT2D eigenvalue weighted by Crippen LogP contribution is -2.49. The van der Waals surface area contributed by atoms with Crippen LogP contribution in [0.1, 0.15) is 36.8 Å². The molecule has 1 N–H and O–H groups in total. The molecule has 1 fully saturated rings. The lowest BCUT2D eigenvalue weighted by atomic mass is 9.95. The Balaban J connectivity index is 1.42. The highest BCUT2D eigenvalue weighted by atomic mass is 19.1. The summed E-state index contributed by atoms with van der Waals surface area (Å²) in [4.78, 5) is 29.2. The number of carbonyl (C=O) groups is 2. The summed E-state index contributed by atoms with van der Waals surface area (Å²) in [6, 6.07) is 23.4. The molecule has 1 unspecified atom stereocenters. The topological polar surface area (TPSA) is 52.7 Å². The van der Waals surface area contributed by atoms with E-state index in [1.807, 2.05) is 61.5 Å². The monoisotopic (exact) mass is 445 g/mol. The van der Waals surface area contributed by atoms with E-state index in [1.165, 1.54) is 6.07 Å². The molecule has 1 heterocycles. The van der Waals surface area contributed by atoms with Crippen molar-refractivity contribution in [3.05, 3.63) is 95.8 Å². The molecule has 33 heavy (non-hydrogen) atoms. The summed E-state index contributed by atoms with van der Waals surface area (Å²) in [5.74, 6) is -0.577. The molecule has 1 saturated heterocycles. The van der Waals surface area contributed by atoms with Gasteiger partial charge in [0.1, 0.15) is 5.82 Å².